The molecule has 4 aromatic rings. The molecule has 2 saturated carbocycles. The van der Waals surface area contributed by atoms with Crippen molar-refractivity contribution >= 4 is 18.9 Å². The normalized spacial score (nSPS) is 15.2. The van der Waals surface area contributed by atoms with Crippen LogP contribution >= 0.6 is 7.92 Å². The zero-order chi connectivity index (χ0) is 32.3. The maximum Gasteiger partial charge on any atom is 0.131 e. The molecule has 6 heteroatoms. The molecule has 2 N–H and O–H groups in total. The number of hydrogen-bond acceptors (Lipinski definition) is 3. The van der Waals surface area contributed by atoms with Crippen LogP contribution in [0.15, 0.2) is 91.0 Å². The third kappa shape index (κ3) is 10.8. The number of halogens is 1. The number of rotatable bonds is 9. The van der Waals surface area contributed by atoms with Crippen molar-refractivity contribution in [2.75, 3.05) is 5.73 Å². The molecule has 1 radical (unpaired) electrons. The van der Waals surface area contributed by atoms with Gasteiger partial charge < -0.3 is 27.6 Å². The van der Waals surface area contributed by atoms with Gasteiger partial charge in [-0.2, -0.15) is 0 Å². The van der Waals surface area contributed by atoms with Gasteiger partial charge in [0.1, 0.15) is 11.5 Å². The molecule has 0 bridgehead atoms. The molecule has 48 heavy (non-hydrogen) atoms. The Kier molecular flexibility index (Phi) is 17.0. The second-order valence-electron chi connectivity index (χ2n) is 13.3. The minimum Gasteiger partial charge on any atom is -1.00 e. The topological polar surface area (TPSA) is 44.5 Å². The Bertz CT molecular complexity index is 1460. The number of hydrogen-bond donors (Lipinski definition) is 1. The predicted octanol–water partition coefficient (Wildman–Crippen LogP) is 8.44. The Morgan fingerprint density at radius 2 is 1.12 bits per heavy atom. The van der Waals surface area contributed by atoms with Crippen molar-refractivity contribution in [3.05, 3.63) is 97.1 Å². The fourth-order valence-corrected chi connectivity index (χ4v) is 11.1. The quantitative estimate of drug-likeness (QED) is 0.106. The number of benzene rings is 4. The van der Waals surface area contributed by atoms with Crippen molar-refractivity contribution in [3.63, 3.8) is 0 Å². The maximum atomic E-state index is 6.37. The zero-order valence-corrected chi connectivity index (χ0v) is 32.3. The maximum absolute atomic E-state index is 6.37. The summed E-state index contributed by atoms with van der Waals surface area (Å²) in [6.45, 7) is 8.45. The molecule has 0 aromatic heterocycles. The van der Waals surface area contributed by atoms with Crippen LogP contribution in [0.5, 0.6) is 11.5 Å². The molecule has 2 aliphatic carbocycles. The van der Waals surface area contributed by atoms with Crippen molar-refractivity contribution in [2.45, 2.75) is 115 Å². The Balaban J connectivity index is 0.000000350. The number of nitrogens with two attached hydrogens (primary N) is 1. The number of nitrogen functional groups attached to an aromatic ring is 1. The van der Waals surface area contributed by atoms with Crippen molar-refractivity contribution in [1.29, 1.82) is 0 Å². The SMILES string of the molecule is CC(C)Oc1cccc(OC(C)C)c1-c1ccccc1P(C1CCCCC1)C1CCCCC1.Nc1ccccc1-c1[c]cccc1.[Cl-].[Pd]. The molecule has 2 aliphatic rings. The predicted molar refractivity (Wildman–Crippen MR) is 199 cm³/mol. The van der Waals surface area contributed by atoms with Crippen LogP contribution in [0.4, 0.5) is 5.69 Å². The average molecular weight is 777 g/mol. The molecule has 0 aliphatic heterocycles. The molecule has 6 rings (SSSR count). The summed E-state index contributed by atoms with van der Waals surface area (Å²) in [6, 6.07) is 34.4. The minimum absolute atomic E-state index is 0. The molecular formula is C42H53ClNO2PPd-. The average Bonchev–Trinajstić information content (AvgIpc) is 3.07. The minimum atomic E-state index is -0.213. The van der Waals surface area contributed by atoms with Crippen molar-refractivity contribution in [3.8, 4) is 33.8 Å². The van der Waals surface area contributed by atoms with Gasteiger partial charge in [-0.1, -0.05) is 119 Å². The Labute approximate surface area is 311 Å². The van der Waals surface area contributed by atoms with Gasteiger partial charge in [-0.3, -0.25) is 0 Å². The number of ether oxygens (including phenoxy) is 2. The summed E-state index contributed by atoms with van der Waals surface area (Å²) in [7, 11) is -0.213. The van der Waals surface area contributed by atoms with Gasteiger partial charge >= 0.3 is 0 Å². The van der Waals surface area contributed by atoms with E-state index in [2.05, 4.69) is 76.2 Å². The first kappa shape index (κ1) is 40.1. The molecule has 0 amide bonds. The van der Waals surface area contributed by atoms with E-state index in [1.54, 1.807) is 5.30 Å². The van der Waals surface area contributed by atoms with Crippen LogP contribution in [0.25, 0.3) is 22.3 Å². The van der Waals surface area contributed by atoms with Crippen molar-refractivity contribution in [1.82, 2.24) is 0 Å². The third-order valence-corrected chi connectivity index (χ3v) is 12.6. The summed E-state index contributed by atoms with van der Waals surface area (Å²) in [5, 5.41) is 1.60. The molecule has 0 spiro atoms. The molecule has 3 nitrogen and oxygen atoms in total. The van der Waals surface area contributed by atoms with Gasteiger partial charge in [0, 0.05) is 31.7 Å². The Hall–Kier alpha value is -2.34. The van der Waals surface area contributed by atoms with Crippen LogP contribution in [0, 0.1) is 6.07 Å². The summed E-state index contributed by atoms with van der Waals surface area (Å²) >= 11 is 0. The van der Waals surface area contributed by atoms with Crippen molar-refractivity contribution < 1.29 is 42.3 Å². The zero-order valence-electron chi connectivity index (χ0n) is 29.1. The van der Waals surface area contributed by atoms with Gasteiger partial charge in [0.25, 0.3) is 0 Å². The van der Waals surface area contributed by atoms with E-state index < -0.39 is 0 Å². The van der Waals surface area contributed by atoms with E-state index in [4.69, 9.17) is 15.2 Å². The molecule has 0 atom stereocenters. The molecule has 0 saturated heterocycles. The van der Waals surface area contributed by atoms with Crippen LogP contribution in [-0.2, 0) is 20.4 Å². The largest absolute Gasteiger partial charge is 1.00 e. The monoisotopic (exact) mass is 775 g/mol. The molecule has 0 heterocycles. The van der Waals surface area contributed by atoms with Crippen molar-refractivity contribution in [2.24, 2.45) is 0 Å². The molecule has 261 valence electrons. The smallest absolute Gasteiger partial charge is 0.131 e. The van der Waals surface area contributed by atoms with E-state index in [1.807, 2.05) is 48.5 Å². The Morgan fingerprint density at radius 3 is 1.62 bits per heavy atom. The summed E-state index contributed by atoms with van der Waals surface area (Å²) in [5.74, 6) is 1.91. The van der Waals surface area contributed by atoms with Gasteiger partial charge in [-0.25, -0.2) is 0 Å². The van der Waals surface area contributed by atoms with Crippen LogP contribution < -0.4 is 32.9 Å². The molecule has 2 fully saturated rings. The fraction of sp³-hybridized carbons (Fsp3) is 0.429. The molecule has 4 aromatic carbocycles. The second kappa shape index (κ2) is 20.4. The van der Waals surface area contributed by atoms with Gasteiger partial charge in [0.05, 0.1) is 17.8 Å². The molecular weight excluding hydrogens is 723 g/mol. The summed E-state index contributed by atoms with van der Waals surface area (Å²) in [5.41, 5.74) is 13.0. The Morgan fingerprint density at radius 1 is 0.625 bits per heavy atom. The van der Waals surface area contributed by atoms with E-state index in [9.17, 15) is 0 Å². The third-order valence-electron chi connectivity index (χ3n) is 9.06. The van der Waals surface area contributed by atoms with E-state index in [0.29, 0.717) is 0 Å². The number of anilines is 1. The first-order valence-corrected chi connectivity index (χ1v) is 19.1. The molecule has 0 unspecified atom stereocenters. The van der Waals surface area contributed by atoms with Crippen LogP contribution in [0.2, 0.25) is 0 Å². The first-order valence-electron chi connectivity index (χ1n) is 17.6. The van der Waals surface area contributed by atoms with Gasteiger partial charge in [-0.05, 0) is 105 Å². The standard InChI is InChI=1S/C30H43O2P.C12H10N.ClH.Pd/c1-22(2)31-27-19-13-20-28(32-23(3)4)30(27)26-18-11-12-21-29(26)33(24-14-7-5-8-15-24)25-16-9-6-10-17-25;13-12-9-5-4-8-11(12)10-6-2-1-3-7-10;;/h11-13,18-25H,5-10,14-17H2,1-4H3;1-6,8-9H,13H2;1H;/p-1. The number of para-hydroxylation sites is 1. The van der Waals surface area contributed by atoms with E-state index in [0.717, 1.165) is 45.2 Å². The first-order chi connectivity index (χ1) is 22.4. The summed E-state index contributed by atoms with van der Waals surface area (Å²) in [6.07, 6.45) is 14.4. The van der Waals surface area contributed by atoms with Gasteiger partial charge in [0.15, 0.2) is 0 Å². The van der Waals surface area contributed by atoms with Crippen LogP contribution in [0.1, 0.15) is 91.9 Å². The van der Waals surface area contributed by atoms with E-state index >= 15 is 0 Å². The van der Waals surface area contributed by atoms with E-state index in [-0.39, 0.29) is 53.0 Å². The van der Waals surface area contributed by atoms with E-state index in [1.165, 1.54) is 69.8 Å². The van der Waals surface area contributed by atoms with Crippen LogP contribution in [0.3, 0.4) is 0 Å². The van der Waals surface area contributed by atoms with Gasteiger partial charge in [0.2, 0.25) is 0 Å². The summed E-state index contributed by atoms with van der Waals surface area (Å²) < 4.78 is 12.7. The van der Waals surface area contributed by atoms with Gasteiger partial charge in [-0.15, -0.1) is 0 Å². The second-order valence-corrected chi connectivity index (χ2v) is 16.1. The fourth-order valence-electron chi connectivity index (χ4n) is 7.10. The summed E-state index contributed by atoms with van der Waals surface area (Å²) in [4.78, 5) is 0. The van der Waals surface area contributed by atoms with Crippen LogP contribution in [-0.4, -0.2) is 23.5 Å².